The van der Waals surface area contributed by atoms with Gasteiger partial charge >= 0.3 is 6.03 Å². The van der Waals surface area contributed by atoms with Gasteiger partial charge in [0.1, 0.15) is 0 Å². The molecule has 100 valence electrons. The van der Waals surface area contributed by atoms with Crippen LogP contribution in [0.5, 0.6) is 0 Å². The van der Waals surface area contributed by atoms with Crippen molar-refractivity contribution in [1.29, 1.82) is 0 Å². The number of anilines is 1. The van der Waals surface area contributed by atoms with Crippen LogP contribution in [0.1, 0.15) is 4.88 Å². The summed E-state index contributed by atoms with van der Waals surface area (Å²) in [5.41, 5.74) is 0.215. The summed E-state index contributed by atoms with van der Waals surface area (Å²) in [6, 6.07) is 6.70. The lowest BCUT2D eigenvalue weighted by atomic mass is 10.3. The summed E-state index contributed by atoms with van der Waals surface area (Å²) in [7, 11) is 0. The summed E-state index contributed by atoms with van der Waals surface area (Å²) in [6.07, 6.45) is 0.739. The second-order valence-electron chi connectivity index (χ2n) is 3.84. The minimum atomic E-state index is -0.989. The number of carbonyl (C=O) groups is 1. The van der Waals surface area contributed by atoms with E-state index in [-0.39, 0.29) is 5.69 Å². The van der Waals surface area contributed by atoms with Crippen molar-refractivity contribution in [2.45, 2.75) is 6.42 Å². The zero-order valence-electron chi connectivity index (χ0n) is 9.95. The number of halogens is 2. The number of carbonyl (C=O) groups excluding carboxylic acids is 1. The number of thiophene rings is 1. The molecule has 2 rings (SSSR count). The van der Waals surface area contributed by atoms with Gasteiger partial charge in [-0.3, -0.25) is 0 Å². The molecule has 1 aromatic carbocycles. The molecule has 0 aliphatic rings. The Bertz CT molecular complexity index is 558. The number of amides is 2. The zero-order chi connectivity index (χ0) is 13.7. The molecule has 0 radical (unpaired) electrons. The number of rotatable bonds is 4. The first-order chi connectivity index (χ1) is 9.15. The molecule has 0 spiro atoms. The highest BCUT2D eigenvalue weighted by Gasteiger charge is 2.05. The normalized spacial score (nSPS) is 10.2. The van der Waals surface area contributed by atoms with Gasteiger partial charge in [0.2, 0.25) is 0 Å². The van der Waals surface area contributed by atoms with Gasteiger partial charge in [-0.05, 0) is 30.0 Å². The van der Waals surface area contributed by atoms with E-state index in [2.05, 4.69) is 10.6 Å². The quantitative estimate of drug-likeness (QED) is 0.886. The summed E-state index contributed by atoms with van der Waals surface area (Å²) < 4.78 is 25.6. The summed E-state index contributed by atoms with van der Waals surface area (Å²) in [4.78, 5) is 12.7. The van der Waals surface area contributed by atoms with E-state index in [1.165, 1.54) is 10.9 Å². The van der Waals surface area contributed by atoms with Crippen LogP contribution in [0.2, 0.25) is 0 Å². The van der Waals surface area contributed by atoms with Crippen LogP contribution in [0, 0.1) is 11.6 Å². The molecule has 6 heteroatoms. The van der Waals surface area contributed by atoms with E-state index in [0.717, 1.165) is 18.6 Å². The van der Waals surface area contributed by atoms with Gasteiger partial charge in [-0.25, -0.2) is 13.6 Å². The third-order valence-corrected chi connectivity index (χ3v) is 3.35. The smallest absolute Gasteiger partial charge is 0.319 e. The SMILES string of the molecule is O=C(NCCc1cccs1)Nc1ccc(F)c(F)c1. The Labute approximate surface area is 113 Å². The van der Waals surface area contributed by atoms with Crippen LogP contribution in [0.15, 0.2) is 35.7 Å². The molecule has 0 aliphatic carbocycles. The van der Waals surface area contributed by atoms with E-state index in [9.17, 15) is 13.6 Å². The van der Waals surface area contributed by atoms with Crippen molar-refractivity contribution >= 4 is 23.1 Å². The third kappa shape index (κ3) is 4.03. The predicted octanol–water partition coefficient (Wildman–Crippen LogP) is 3.39. The van der Waals surface area contributed by atoms with Gasteiger partial charge in [-0.2, -0.15) is 0 Å². The number of hydrogen-bond donors (Lipinski definition) is 2. The van der Waals surface area contributed by atoms with Gasteiger partial charge in [-0.15, -0.1) is 11.3 Å². The van der Waals surface area contributed by atoms with Gasteiger partial charge in [0.05, 0.1) is 0 Å². The molecule has 1 heterocycles. The average molecular weight is 282 g/mol. The molecule has 0 atom stereocenters. The number of nitrogens with one attached hydrogen (secondary N) is 2. The van der Waals surface area contributed by atoms with E-state index in [1.807, 2.05) is 17.5 Å². The lowest BCUT2D eigenvalue weighted by molar-refractivity contribution is 0.252. The molecule has 2 amide bonds. The topological polar surface area (TPSA) is 41.1 Å². The minimum absolute atomic E-state index is 0.215. The fourth-order valence-corrected chi connectivity index (χ4v) is 2.21. The average Bonchev–Trinajstić information content (AvgIpc) is 2.87. The predicted molar refractivity (Wildman–Crippen MR) is 71.4 cm³/mol. The summed E-state index contributed by atoms with van der Waals surface area (Å²) in [5.74, 6) is -1.93. The second kappa shape index (κ2) is 6.29. The van der Waals surface area contributed by atoms with Crippen LogP contribution in [-0.2, 0) is 6.42 Å². The van der Waals surface area contributed by atoms with Crippen molar-refractivity contribution in [3.63, 3.8) is 0 Å². The van der Waals surface area contributed by atoms with Crippen LogP contribution >= 0.6 is 11.3 Å². The van der Waals surface area contributed by atoms with E-state index in [1.54, 1.807) is 11.3 Å². The molecule has 0 bridgehead atoms. The minimum Gasteiger partial charge on any atom is -0.338 e. The van der Waals surface area contributed by atoms with Crippen molar-refractivity contribution < 1.29 is 13.6 Å². The zero-order valence-corrected chi connectivity index (χ0v) is 10.8. The molecule has 0 saturated carbocycles. The first kappa shape index (κ1) is 13.5. The lowest BCUT2D eigenvalue weighted by Crippen LogP contribution is -2.30. The Balaban J connectivity index is 1.79. The van der Waals surface area contributed by atoms with E-state index in [0.29, 0.717) is 6.54 Å². The highest BCUT2D eigenvalue weighted by molar-refractivity contribution is 7.09. The van der Waals surface area contributed by atoms with Gasteiger partial charge in [0.15, 0.2) is 11.6 Å². The highest BCUT2D eigenvalue weighted by Crippen LogP contribution is 2.13. The molecular formula is C13H12F2N2OS. The standard InChI is InChI=1S/C13H12F2N2OS/c14-11-4-3-9(8-12(11)15)17-13(18)16-6-5-10-2-1-7-19-10/h1-4,7-8H,5-6H2,(H2,16,17,18). The summed E-state index contributed by atoms with van der Waals surface area (Å²) >= 11 is 1.62. The Kier molecular flexibility index (Phi) is 4.46. The maximum Gasteiger partial charge on any atom is 0.319 e. The van der Waals surface area contributed by atoms with Gasteiger partial charge in [-0.1, -0.05) is 6.07 Å². The fraction of sp³-hybridized carbons (Fsp3) is 0.154. The van der Waals surface area contributed by atoms with Crippen LogP contribution < -0.4 is 10.6 Å². The van der Waals surface area contributed by atoms with E-state index >= 15 is 0 Å². The molecule has 0 aliphatic heterocycles. The molecule has 0 unspecified atom stereocenters. The molecule has 0 saturated heterocycles. The summed E-state index contributed by atoms with van der Waals surface area (Å²) in [6.45, 7) is 0.482. The van der Waals surface area contributed by atoms with Crippen molar-refractivity contribution in [2.75, 3.05) is 11.9 Å². The molecule has 0 fully saturated rings. The van der Waals surface area contributed by atoms with Gasteiger partial charge < -0.3 is 10.6 Å². The van der Waals surface area contributed by atoms with E-state index < -0.39 is 17.7 Å². The monoisotopic (exact) mass is 282 g/mol. The van der Waals surface area contributed by atoms with E-state index in [4.69, 9.17) is 0 Å². The molecule has 1 aromatic heterocycles. The van der Waals surface area contributed by atoms with Gasteiger partial charge in [0.25, 0.3) is 0 Å². The van der Waals surface area contributed by atoms with Crippen molar-refractivity contribution in [3.8, 4) is 0 Å². The molecule has 19 heavy (non-hydrogen) atoms. The molecular weight excluding hydrogens is 270 g/mol. The molecule has 2 aromatic rings. The number of urea groups is 1. The Morgan fingerprint density at radius 2 is 2.05 bits per heavy atom. The van der Waals surface area contributed by atoms with Crippen LogP contribution in [0.25, 0.3) is 0 Å². The van der Waals surface area contributed by atoms with Crippen LogP contribution in [-0.4, -0.2) is 12.6 Å². The first-order valence-corrected chi connectivity index (χ1v) is 6.55. The summed E-state index contributed by atoms with van der Waals surface area (Å²) in [5, 5.41) is 7.05. The third-order valence-electron chi connectivity index (χ3n) is 2.41. The maximum absolute atomic E-state index is 12.9. The first-order valence-electron chi connectivity index (χ1n) is 5.67. The second-order valence-corrected chi connectivity index (χ2v) is 4.87. The van der Waals surface area contributed by atoms with Crippen molar-refractivity contribution in [2.24, 2.45) is 0 Å². The fourth-order valence-electron chi connectivity index (χ4n) is 1.50. The van der Waals surface area contributed by atoms with Crippen LogP contribution in [0.4, 0.5) is 19.3 Å². The Hall–Kier alpha value is -1.95. The lowest BCUT2D eigenvalue weighted by Gasteiger charge is -2.07. The Morgan fingerprint density at radius 1 is 1.21 bits per heavy atom. The van der Waals surface area contributed by atoms with Crippen LogP contribution in [0.3, 0.4) is 0 Å². The molecule has 2 N–H and O–H groups in total. The Morgan fingerprint density at radius 3 is 2.74 bits per heavy atom. The number of benzene rings is 1. The molecule has 3 nitrogen and oxygen atoms in total. The largest absolute Gasteiger partial charge is 0.338 e. The van der Waals surface area contributed by atoms with Crippen molar-refractivity contribution in [3.05, 3.63) is 52.2 Å². The highest BCUT2D eigenvalue weighted by atomic mass is 32.1. The van der Waals surface area contributed by atoms with Crippen molar-refractivity contribution in [1.82, 2.24) is 5.32 Å². The number of hydrogen-bond acceptors (Lipinski definition) is 2. The maximum atomic E-state index is 12.9. The van der Waals surface area contributed by atoms with Gasteiger partial charge in [0, 0.05) is 23.2 Å².